The van der Waals surface area contributed by atoms with E-state index in [2.05, 4.69) is 42.1 Å². The Labute approximate surface area is 117 Å². The summed E-state index contributed by atoms with van der Waals surface area (Å²) in [6.45, 7) is 9.65. The molecular weight excluding hydrogens is 240 g/mol. The molecule has 0 aromatic carbocycles. The van der Waals surface area contributed by atoms with Crippen molar-refractivity contribution in [2.24, 2.45) is 0 Å². The van der Waals surface area contributed by atoms with Crippen LogP contribution in [-0.2, 0) is 0 Å². The van der Waals surface area contributed by atoms with Crippen LogP contribution in [0.5, 0.6) is 0 Å². The largest absolute Gasteiger partial charge is 0.310 e. The van der Waals surface area contributed by atoms with Crippen LogP contribution >= 0.6 is 11.8 Å². The Kier molecular flexibility index (Phi) is 5.01. The fourth-order valence-corrected chi connectivity index (χ4v) is 4.60. The van der Waals surface area contributed by atoms with E-state index in [1.807, 2.05) is 0 Å². The van der Waals surface area contributed by atoms with Gasteiger partial charge in [0.05, 0.1) is 0 Å². The Morgan fingerprint density at radius 1 is 1.11 bits per heavy atom. The number of hydrogen-bond donors (Lipinski definition) is 1. The van der Waals surface area contributed by atoms with E-state index in [-0.39, 0.29) is 5.54 Å². The Morgan fingerprint density at radius 2 is 1.83 bits per heavy atom. The van der Waals surface area contributed by atoms with Crippen LogP contribution in [0.25, 0.3) is 0 Å². The minimum atomic E-state index is 0.283. The van der Waals surface area contributed by atoms with E-state index in [0.29, 0.717) is 4.75 Å². The van der Waals surface area contributed by atoms with E-state index in [1.54, 1.807) is 0 Å². The highest BCUT2D eigenvalue weighted by atomic mass is 32.2. The first-order chi connectivity index (χ1) is 8.55. The molecule has 1 N–H and O–H groups in total. The lowest BCUT2D eigenvalue weighted by molar-refractivity contribution is 0.193. The van der Waals surface area contributed by atoms with Gasteiger partial charge >= 0.3 is 0 Å². The van der Waals surface area contributed by atoms with Gasteiger partial charge in [0, 0.05) is 23.4 Å². The quantitative estimate of drug-likeness (QED) is 0.848. The third-order valence-electron chi connectivity index (χ3n) is 4.58. The molecule has 0 aromatic rings. The number of rotatable bonds is 3. The lowest BCUT2D eigenvalue weighted by Gasteiger charge is -2.41. The molecule has 18 heavy (non-hydrogen) atoms. The summed E-state index contributed by atoms with van der Waals surface area (Å²) in [5, 5.41) is 3.67. The molecule has 0 radical (unpaired) electrons. The van der Waals surface area contributed by atoms with Crippen molar-refractivity contribution in [2.75, 3.05) is 32.4 Å². The van der Waals surface area contributed by atoms with Crippen LogP contribution in [0.4, 0.5) is 0 Å². The van der Waals surface area contributed by atoms with Crippen molar-refractivity contribution in [3.8, 4) is 0 Å². The maximum absolute atomic E-state index is 3.67. The minimum Gasteiger partial charge on any atom is -0.310 e. The van der Waals surface area contributed by atoms with Crippen molar-refractivity contribution < 1.29 is 0 Å². The van der Waals surface area contributed by atoms with Gasteiger partial charge in [0.25, 0.3) is 0 Å². The first kappa shape index (κ1) is 14.7. The van der Waals surface area contributed by atoms with E-state index in [1.165, 1.54) is 64.7 Å². The molecule has 1 aliphatic carbocycles. The van der Waals surface area contributed by atoms with Crippen LogP contribution in [0.2, 0.25) is 0 Å². The highest BCUT2D eigenvalue weighted by Gasteiger charge is 2.35. The van der Waals surface area contributed by atoms with E-state index >= 15 is 0 Å². The predicted octanol–water partition coefficient (Wildman–Crippen LogP) is 3.13. The van der Waals surface area contributed by atoms with Gasteiger partial charge in [0.15, 0.2) is 0 Å². The summed E-state index contributed by atoms with van der Waals surface area (Å²) in [6.07, 6.45) is 10.8. The molecule has 2 aliphatic rings. The zero-order chi connectivity index (χ0) is 13.1. The first-order valence-electron chi connectivity index (χ1n) is 7.58. The molecule has 0 bridgehead atoms. The smallest absolute Gasteiger partial charge is 0.0284 e. The topological polar surface area (TPSA) is 15.3 Å². The van der Waals surface area contributed by atoms with E-state index in [4.69, 9.17) is 0 Å². The number of nitrogens with one attached hydrogen (secondary N) is 1. The fraction of sp³-hybridized carbons (Fsp3) is 1.00. The van der Waals surface area contributed by atoms with E-state index in [9.17, 15) is 0 Å². The molecule has 0 spiro atoms. The second-order valence-electron chi connectivity index (χ2n) is 6.82. The molecule has 2 fully saturated rings. The first-order valence-corrected chi connectivity index (χ1v) is 8.80. The Bertz CT molecular complexity index is 259. The molecule has 1 saturated heterocycles. The van der Waals surface area contributed by atoms with Crippen molar-refractivity contribution in [3.05, 3.63) is 0 Å². The average Bonchev–Trinajstić information content (AvgIpc) is 2.51. The van der Waals surface area contributed by atoms with Crippen molar-refractivity contribution in [1.82, 2.24) is 10.2 Å². The summed E-state index contributed by atoms with van der Waals surface area (Å²) in [5.41, 5.74) is 0.283. The highest BCUT2D eigenvalue weighted by Crippen LogP contribution is 2.39. The van der Waals surface area contributed by atoms with E-state index in [0.717, 1.165) is 0 Å². The Balaban J connectivity index is 1.97. The van der Waals surface area contributed by atoms with Gasteiger partial charge in [-0.2, -0.15) is 11.8 Å². The molecule has 2 rings (SSSR count). The molecule has 1 heterocycles. The third kappa shape index (κ3) is 3.88. The molecule has 1 aliphatic heterocycles. The predicted molar refractivity (Wildman–Crippen MR) is 82.5 cm³/mol. The summed E-state index contributed by atoms with van der Waals surface area (Å²) in [6, 6.07) is 0. The molecular formula is C15H30N2S. The van der Waals surface area contributed by atoms with Crippen molar-refractivity contribution in [3.63, 3.8) is 0 Å². The molecule has 0 atom stereocenters. The summed E-state index contributed by atoms with van der Waals surface area (Å²) >= 11 is 2.13. The number of thioether (sulfide) groups is 1. The molecule has 106 valence electrons. The van der Waals surface area contributed by atoms with Crippen molar-refractivity contribution >= 4 is 11.8 Å². The third-order valence-corrected chi connectivity index (χ3v) is 5.99. The van der Waals surface area contributed by atoms with Gasteiger partial charge in [-0.3, -0.25) is 0 Å². The molecule has 0 aromatic heterocycles. The normalized spacial score (nSPS) is 28.8. The summed E-state index contributed by atoms with van der Waals surface area (Å²) in [7, 11) is 0. The van der Waals surface area contributed by atoms with E-state index < -0.39 is 0 Å². The maximum Gasteiger partial charge on any atom is 0.0284 e. The SMILES string of the molecule is CSC1(CN2CCCNC(C)(C)C2)CCCCC1. The zero-order valence-corrected chi connectivity index (χ0v) is 13.2. The number of nitrogens with zero attached hydrogens (tertiary/aromatic N) is 1. The van der Waals surface area contributed by atoms with Gasteiger partial charge in [0.1, 0.15) is 0 Å². The Hall–Kier alpha value is 0.270. The molecule has 0 unspecified atom stereocenters. The second-order valence-corrected chi connectivity index (χ2v) is 8.10. The molecule has 0 amide bonds. The van der Waals surface area contributed by atoms with Gasteiger partial charge < -0.3 is 10.2 Å². The van der Waals surface area contributed by atoms with Crippen LogP contribution in [-0.4, -0.2) is 47.6 Å². The molecule has 1 saturated carbocycles. The minimum absolute atomic E-state index is 0.283. The monoisotopic (exact) mass is 270 g/mol. The fourth-order valence-electron chi connectivity index (χ4n) is 3.59. The number of hydrogen-bond acceptors (Lipinski definition) is 3. The summed E-state index contributed by atoms with van der Waals surface area (Å²) < 4.78 is 0.554. The summed E-state index contributed by atoms with van der Waals surface area (Å²) in [4.78, 5) is 2.72. The molecule has 2 nitrogen and oxygen atoms in total. The van der Waals surface area contributed by atoms with Crippen LogP contribution < -0.4 is 5.32 Å². The molecule has 3 heteroatoms. The highest BCUT2D eigenvalue weighted by molar-refractivity contribution is 8.00. The lowest BCUT2D eigenvalue weighted by atomic mass is 9.87. The van der Waals surface area contributed by atoms with Crippen LogP contribution in [0.15, 0.2) is 0 Å². The average molecular weight is 270 g/mol. The zero-order valence-electron chi connectivity index (χ0n) is 12.4. The van der Waals surface area contributed by atoms with Crippen molar-refractivity contribution in [2.45, 2.75) is 62.7 Å². The van der Waals surface area contributed by atoms with Gasteiger partial charge in [0.2, 0.25) is 0 Å². The van der Waals surface area contributed by atoms with Crippen LogP contribution in [0, 0.1) is 0 Å². The van der Waals surface area contributed by atoms with Gasteiger partial charge in [-0.25, -0.2) is 0 Å². The van der Waals surface area contributed by atoms with Gasteiger partial charge in [-0.1, -0.05) is 19.3 Å². The van der Waals surface area contributed by atoms with Gasteiger partial charge in [-0.05, 0) is 52.5 Å². The Morgan fingerprint density at radius 3 is 2.50 bits per heavy atom. The van der Waals surface area contributed by atoms with Gasteiger partial charge in [-0.15, -0.1) is 0 Å². The second kappa shape index (κ2) is 6.15. The standard InChI is InChI=1S/C15H30N2S/c1-14(2)12-17(11-7-10-16-14)13-15(18-3)8-5-4-6-9-15/h16H,4-13H2,1-3H3. The van der Waals surface area contributed by atoms with Crippen LogP contribution in [0.3, 0.4) is 0 Å². The van der Waals surface area contributed by atoms with Crippen molar-refractivity contribution in [1.29, 1.82) is 0 Å². The summed E-state index contributed by atoms with van der Waals surface area (Å²) in [5.74, 6) is 0. The maximum atomic E-state index is 3.67. The van der Waals surface area contributed by atoms with Crippen LogP contribution in [0.1, 0.15) is 52.4 Å². The lowest BCUT2D eigenvalue weighted by Crippen LogP contribution is -2.50.